The van der Waals surface area contributed by atoms with E-state index < -0.39 is 6.04 Å². The second-order valence-corrected chi connectivity index (χ2v) is 7.89. The molecule has 0 aliphatic heterocycles. The summed E-state index contributed by atoms with van der Waals surface area (Å²) in [6.45, 7) is 4.21. The van der Waals surface area contributed by atoms with Crippen molar-refractivity contribution >= 4 is 58.2 Å². The molecule has 0 radical (unpaired) electrons. The summed E-state index contributed by atoms with van der Waals surface area (Å²) in [5.41, 5.74) is 1.48. The molecule has 28 heavy (non-hydrogen) atoms. The standard InChI is InChI=1S/C20H20Cl4N2O2/c1-3-25-20(28)12(2)26(11-14-5-7-16(22)18(24)9-14)19(27)10-13-4-6-15(21)17(23)8-13/h4-9,12H,3,10-11H2,1-2H3,(H,25,28)/t12-/m1/s1. The summed E-state index contributed by atoms with van der Waals surface area (Å²) in [5, 5.41) is 4.36. The first-order chi connectivity index (χ1) is 13.2. The van der Waals surface area contributed by atoms with Crippen LogP contribution in [-0.2, 0) is 22.6 Å². The van der Waals surface area contributed by atoms with Crippen LogP contribution in [0.3, 0.4) is 0 Å². The third kappa shape index (κ3) is 6.02. The van der Waals surface area contributed by atoms with E-state index in [1.165, 1.54) is 4.90 Å². The van der Waals surface area contributed by atoms with Gasteiger partial charge in [0.1, 0.15) is 6.04 Å². The maximum Gasteiger partial charge on any atom is 0.242 e. The minimum Gasteiger partial charge on any atom is -0.355 e. The number of nitrogens with one attached hydrogen (secondary N) is 1. The van der Waals surface area contributed by atoms with Crippen LogP contribution in [0.2, 0.25) is 20.1 Å². The van der Waals surface area contributed by atoms with Crippen molar-refractivity contribution in [3.8, 4) is 0 Å². The lowest BCUT2D eigenvalue weighted by molar-refractivity contribution is -0.140. The average molecular weight is 462 g/mol. The lowest BCUT2D eigenvalue weighted by Gasteiger charge is -2.29. The molecule has 1 N–H and O–H groups in total. The Morgan fingerprint density at radius 1 is 0.929 bits per heavy atom. The van der Waals surface area contributed by atoms with Crippen LogP contribution in [0, 0.1) is 0 Å². The highest BCUT2D eigenvalue weighted by molar-refractivity contribution is 6.42. The molecule has 2 amide bonds. The van der Waals surface area contributed by atoms with E-state index in [0.29, 0.717) is 32.2 Å². The second-order valence-electron chi connectivity index (χ2n) is 6.27. The lowest BCUT2D eigenvalue weighted by atomic mass is 10.1. The number of hydrogen-bond donors (Lipinski definition) is 1. The quantitative estimate of drug-likeness (QED) is 0.600. The molecule has 4 nitrogen and oxygen atoms in total. The number of nitrogens with zero attached hydrogens (tertiary/aromatic N) is 1. The van der Waals surface area contributed by atoms with E-state index in [4.69, 9.17) is 46.4 Å². The van der Waals surface area contributed by atoms with Gasteiger partial charge in [-0.25, -0.2) is 0 Å². The number of rotatable bonds is 7. The predicted octanol–water partition coefficient (Wildman–Crippen LogP) is 5.40. The van der Waals surface area contributed by atoms with Crippen molar-refractivity contribution in [2.45, 2.75) is 32.9 Å². The Labute approximate surface area is 184 Å². The second kappa shape index (κ2) is 10.4. The van der Waals surface area contributed by atoms with Crippen molar-refractivity contribution in [3.63, 3.8) is 0 Å². The molecule has 0 saturated carbocycles. The van der Waals surface area contributed by atoms with Gasteiger partial charge in [0, 0.05) is 13.1 Å². The van der Waals surface area contributed by atoms with Crippen molar-refractivity contribution in [3.05, 3.63) is 67.6 Å². The number of hydrogen-bond acceptors (Lipinski definition) is 2. The Hall–Kier alpha value is -1.46. The summed E-state index contributed by atoms with van der Waals surface area (Å²) in [6.07, 6.45) is 0.0853. The fourth-order valence-electron chi connectivity index (χ4n) is 2.67. The van der Waals surface area contributed by atoms with Crippen molar-refractivity contribution in [2.75, 3.05) is 6.54 Å². The third-order valence-corrected chi connectivity index (χ3v) is 5.67. The highest BCUT2D eigenvalue weighted by atomic mass is 35.5. The number of benzene rings is 2. The number of carbonyl (C=O) groups is 2. The molecule has 0 aliphatic carbocycles. The van der Waals surface area contributed by atoms with Crippen LogP contribution in [-0.4, -0.2) is 29.3 Å². The van der Waals surface area contributed by atoms with Gasteiger partial charge < -0.3 is 10.2 Å². The topological polar surface area (TPSA) is 49.4 Å². The van der Waals surface area contributed by atoms with Gasteiger partial charge in [-0.3, -0.25) is 9.59 Å². The average Bonchev–Trinajstić information content (AvgIpc) is 2.65. The number of likely N-dealkylation sites (N-methyl/N-ethyl adjacent to an activating group) is 1. The summed E-state index contributed by atoms with van der Waals surface area (Å²) in [7, 11) is 0. The normalized spacial score (nSPS) is 11.8. The number of amides is 2. The van der Waals surface area contributed by atoms with E-state index >= 15 is 0 Å². The van der Waals surface area contributed by atoms with E-state index in [1.54, 1.807) is 43.3 Å². The molecule has 2 rings (SSSR count). The van der Waals surface area contributed by atoms with Gasteiger partial charge in [0.05, 0.1) is 26.5 Å². The van der Waals surface area contributed by atoms with E-state index in [2.05, 4.69) is 5.32 Å². The molecule has 0 saturated heterocycles. The Bertz CT molecular complexity index is 873. The zero-order valence-corrected chi connectivity index (χ0v) is 18.5. The van der Waals surface area contributed by atoms with Crippen LogP contribution < -0.4 is 5.32 Å². The van der Waals surface area contributed by atoms with Crippen molar-refractivity contribution in [2.24, 2.45) is 0 Å². The Morgan fingerprint density at radius 2 is 1.46 bits per heavy atom. The molecular weight excluding hydrogens is 442 g/mol. The molecular formula is C20H20Cl4N2O2. The van der Waals surface area contributed by atoms with Crippen LogP contribution in [0.25, 0.3) is 0 Å². The molecule has 0 heterocycles. The van der Waals surface area contributed by atoms with Gasteiger partial charge >= 0.3 is 0 Å². The minimum absolute atomic E-state index is 0.0853. The largest absolute Gasteiger partial charge is 0.355 e. The monoisotopic (exact) mass is 460 g/mol. The minimum atomic E-state index is -0.662. The van der Waals surface area contributed by atoms with Crippen molar-refractivity contribution in [1.29, 1.82) is 0 Å². The first kappa shape index (κ1) is 22.8. The van der Waals surface area contributed by atoms with E-state index in [1.807, 2.05) is 6.92 Å². The summed E-state index contributed by atoms with van der Waals surface area (Å²) in [5.74, 6) is -0.451. The molecule has 0 bridgehead atoms. The molecule has 8 heteroatoms. The van der Waals surface area contributed by atoms with Gasteiger partial charge in [0.2, 0.25) is 11.8 Å². The summed E-state index contributed by atoms with van der Waals surface area (Å²) < 4.78 is 0. The maximum absolute atomic E-state index is 13.0. The van der Waals surface area contributed by atoms with Gasteiger partial charge in [0.25, 0.3) is 0 Å². The van der Waals surface area contributed by atoms with Crippen LogP contribution in [0.15, 0.2) is 36.4 Å². The van der Waals surface area contributed by atoms with Gasteiger partial charge in [0.15, 0.2) is 0 Å². The van der Waals surface area contributed by atoms with E-state index in [-0.39, 0.29) is 24.8 Å². The summed E-state index contributed by atoms with van der Waals surface area (Å²) >= 11 is 24.0. The molecule has 0 aromatic heterocycles. The molecule has 0 spiro atoms. The maximum atomic E-state index is 13.0. The zero-order chi connectivity index (χ0) is 20.8. The van der Waals surface area contributed by atoms with Gasteiger partial charge in [-0.15, -0.1) is 0 Å². The smallest absolute Gasteiger partial charge is 0.242 e. The molecule has 0 fully saturated rings. The van der Waals surface area contributed by atoms with Gasteiger partial charge in [-0.2, -0.15) is 0 Å². The molecule has 150 valence electrons. The Kier molecular flexibility index (Phi) is 8.44. The number of carbonyl (C=O) groups excluding carboxylic acids is 2. The van der Waals surface area contributed by atoms with Crippen LogP contribution in [0.1, 0.15) is 25.0 Å². The van der Waals surface area contributed by atoms with E-state index in [0.717, 1.165) is 5.56 Å². The Morgan fingerprint density at radius 3 is 2.00 bits per heavy atom. The first-order valence-electron chi connectivity index (χ1n) is 8.68. The first-order valence-corrected chi connectivity index (χ1v) is 10.2. The number of halogens is 4. The van der Waals surface area contributed by atoms with Crippen LogP contribution >= 0.6 is 46.4 Å². The fourth-order valence-corrected chi connectivity index (χ4v) is 3.31. The van der Waals surface area contributed by atoms with E-state index in [9.17, 15) is 9.59 Å². The Balaban J connectivity index is 2.27. The molecule has 2 aromatic rings. The highest BCUT2D eigenvalue weighted by Crippen LogP contribution is 2.25. The predicted molar refractivity (Wildman–Crippen MR) is 115 cm³/mol. The molecule has 0 unspecified atom stereocenters. The highest BCUT2D eigenvalue weighted by Gasteiger charge is 2.26. The molecule has 0 aliphatic rings. The molecule has 2 aromatic carbocycles. The summed E-state index contributed by atoms with van der Waals surface area (Å²) in [4.78, 5) is 26.9. The van der Waals surface area contributed by atoms with Gasteiger partial charge in [-0.1, -0.05) is 58.5 Å². The van der Waals surface area contributed by atoms with Crippen molar-refractivity contribution < 1.29 is 9.59 Å². The lowest BCUT2D eigenvalue weighted by Crippen LogP contribution is -2.48. The fraction of sp³-hybridized carbons (Fsp3) is 0.300. The van der Waals surface area contributed by atoms with Crippen LogP contribution in [0.4, 0.5) is 0 Å². The molecule has 1 atom stereocenters. The zero-order valence-electron chi connectivity index (χ0n) is 15.4. The SMILES string of the molecule is CCNC(=O)[C@@H](C)N(Cc1ccc(Cl)c(Cl)c1)C(=O)Cc1ccc(Cl)c(Cl)c1. The van der Waals surface area contributed by atoms with Crippen LogP contribution in [0.5, 0.6) is 0 Å². The van der Waals surface area contributed by atoms with Gasteiger partial charge in [-0.05, 0) is 49.2 Å². The third-order valence-electron chi connectivity index (χ3n) is 4.19. The summed E-state index contributed by atoms with van der Waals surface area (Å²) in [6, 6.07) is 9.49. The van der Waals surface area contributed by atoms with Crippen molar-refractivity contribution in [1.82, 2.24) is 10.2 Å².